The normalized spacial score (nSPS) is 10.8. The van der Waals surface area contributed by atoms with Gasteiger partial charge in [0.1, 0.15) is 0 Å². The molecule has 0 saturated heterocycles. The maximum Gasteiger partial charge on any atom is 0.0431 e. The molecule has 1 N–H and O–H groups in total. The van der Waals surface area contributed by atoms with Crippen LogP contribution in [0.5, 0.6) is 0 Å². The zero-order valence-electron chi connectivity index (χ0n) is 7.84. The standard InChI is InChI=1S/C11H20O/c1-2-3-4-5-6-7-8-9-10-11-12/h2,5-6,12H,1,3-4,7-11H2. The van der Waals surface area contributed by atoms with Gasteiger partial charge in [-0.3, -0.25) is 0 Å². The Morgan fingerprint density at radius 3 is 2.33 bits per heavy atom. The summed E-state index contributed by atoms with van der Waals surface area (Å²) >= 11 is 0. The van der Waals surface area contributed by atoms with Gasteiger partial charge in [0, 0.05) is 6.61 Å². The predicted molar refractivity (Wildman–Crippen MR) is 54.1 cm³/mol. The molecule has 0 aromatic carbocycles. The van der Waals surface area contributed by atoms with Gasteiger partial charge in [-0.1, -0.05) is 24.6 Å². The van der Waals surface area contributed by atoms with E-state index in [0.717, 1.165) is 32.1 Å². The van der Waals surface area contributed by atoms with E-state index >= 15 is 0 Å². The summed E-state index contributed by atoms with van der Waals surface area (Å²) in [4.78, 5) is 0. The first-order valence-corrected chi connectivity index (χ1v) is 4.78. The summed E-state index contributed by atoms with van der Waals surface area (Å²) < 4.78 is 0. The zero-order valence-corrected chi connectivity index (χ0v) is 7.84. The van der Waals surface area contributed by atoms with Crippen LogP contribution in [0.1, 0.15) is 38.5 Å². The Kier molecular flexibility index (Phi) is 9.95. The molecule has 0 rings (SSSR count). The smallest absolute Gasteiger partial charge is 0.0431 e. The van der Waals surface area contributed by atoms with Crippen molar-refractivity contribution in [3.05, 3.63) is 24.8 Å². The molecule has 0 aromatic rings. The third-order valence-corrected chi connectivity index (χ3v) is 1.73. The van der Waals surface area contributed by atoms with Crippen molar-refractivity contribution in [1.82, 2.24) is 0 Å². The monoisotopic (exact) mass is 168 g/mol. The first-order valence-electron chi connectivity index (χ1n) is 4.78. The lowest BCUT2D eigenvalue weighted by Gasteiger charge is -1.93. The Hall–Kier alpha value is -0.560. The van der Waals surface area contributed by atoms with Crippen LogP contribution in [0.15, 0.2) is 24.8 Å². The fourth-order valence-corrected chi connectivity index (χ4v) is 1.00. The average molecular weight is 168 g/mol. The van der Waals surface area contributed by atoms with Gasteiger partial charge in [-0.2, -0.15) is 0 Å². The van der Waals surface area contributed by atoms with Crippen LogP contribution < -0.4 is 0 Å². The van der Waals surface area contributed by atoms with Gasteiger partial charge in [0.05, 0.1) is 0 Å². The molecule has 0 bridgehead atoms. The number of hydrogen-bond donors (Lipinski definition) is 1. The Bertz CT molecular complexity index is 116. The highest BCUT2D eigenvalue weighted by atomic mass is 16.2. The minimum Gasteiger partial charge on any atom is -0.396 e. The van der Waals surface area contributed by atoms with Crippen molar-refractivity contribution in [3.8, 4) is 0 Å². The van der Waals surface area contributed by atoms with E-state index in [1.807, 2.05) is 6.08 Å². The number of allylic oxidation sites excluding steroid dienone is 3. The summed E-state index contributed by atoms with van der Waals surface area (Å²) in [6, 6.07) is 0. The summed E-state index contributed by atoms with van der Waals surface area (Å²) in [6.45, 7) is 3.99. The van der Waals surface area contributed by atoms with Crippen LogP contribution in [0.25, 0.3) is 0 Å². The molecule has 0 aromatic heterocycles. The van der Waals surface area contributed by atoms with Crippen molar-refractivity contribution in [3.63, 3.8) is 0 Å². The van der Waals surface area contributed by atoms with Gasteiger partial charge >= 0.3 is 0 Å². The molecule has 0 amide bonds. The third kappa shape index (κ3) is 9.44. The summed E-state index contributed by atoms with van der Waals surface area (Å²) in [5.74, 6) is 0. The highest BCUT2D eigenvalue weighted by Crippen LogP contribution is 2.01. The van der Waals surface area contributed by atoms with Crippen molar-refractivity contribution in [2.45, 2.75) is 38.5 Å². The minimum absolute atomic E-state index is 0.334. The highest BCUT2D eigenvalue weighted by molar-refractivity contribution is 4.84. The quantitative estimate of drug-likeness (QED) is 0.436. The van der Waals surface area contributed by atoms with Gasteiger partial charge in [-0.05, 0) is 32.1 Å². The number of rotatable bonds is 8. The Morgan fingerprint density at radius 1 is 0.917 bits per heavy atom. The predicted octanol–water partition coefficient (Wildman–Crippen LogP) is 3.06. The first kappa shape index (κ1) is 11.4. The molecule has 0 aliphatic rings. The molecule has 0 fully saturated rings. The first-order chi connectivity index (χ1) is 5.91. The summed E-state index contributed by atoms with van der Waals surface area (Å²) in [7, 11) is 0. The van der Waals surface area contributed by atoms with Gasteiger partial charge in [0.25, 0.3) is 0 Å². The molecule has 70 valence electrons. The second kappa shape index (κ2) is 10.4. The highest BCUT2D eigenvalue weighted by Gasteiger charge is 1.84. The summed E-state index contributed by atoms with van der Waals surface area (Å²) in [5.41, 5.74) is 0. The van der Waals surface area contributed by atoms with Crippen LogP contribution in [0.2, 0.25) is 0 Å². The molecule has 0 aliphatic carbocycles. The molecule has 0 atom stereocenters. The second-order valence-electron chi connectivity index (χ2n) is 2.91. The van der Waals surface area contributed by atoms with Crippen LogP contribution in [0.3, 0.4) is 0 Å². The molecule has 0 aliphatic heterocycles. The fraction of sp³-hybridized carbons (Fsp3) is 0.636. The van der Waals surface area contributed by atoms with E-state index in [4.69, 9.17) is 5.11 Å². The van der Waals surface area contributed by atoms with Crippen LogP contribution in [-0.4, -0.2) is 11.7 Å². The van der Waals surface area contributed by atoms with Crippen molar-refractivity contribution in [1.29, 1.82) is 0 Å². The number of hydrogen-bond acceptors (Lipinski definition) is 1. The van der Waals surface area contributed by atoms with Crippen LogP contribution in [-0.2, 0) is 0 Å². The molecule has 0 saturated carbocycles. The van der Waals surface area contributed by atoms with Gasteiger partial charge < -0.3 is 5.11 Å². The Morgan fingerprint density at radius 2 is 1.67 bits per heavy atom. The molecule has 0 spiro atoms. The fourth-order valence-electron chi connectivity index (χ4n) is 1.00. The van der Waals surface area contributed by atoms with Gasteiger partial charge in [0.15, 0.2) is 0 Å². The Balaban J connectivity index is 2.97. The SMILES string of the molecule is C=CCCC=CCCCCCO. The van der Waals surface area contributed by atoms with E-state index < -0.39 is 0 Å². The maximum absolute atomic E-state index is 8.51. The zero-order chi connectivity index (χ0) is 9.07. The van der Waals surface area contributed by atoms with Gasteiger partial charge in [-0.15, -0.1) is 6.58 Å². The topological polar surface area (TPSA) is 20.2 Å². The number of unbranched alkanes of at least 4 members (excludes halogenated alkanes) is 4. The third-order valence-electron chi connectivity index (χ3n) is 1.73. The summed E-state index contributed by atoms with van der Waals surface area (Å²) in [6.07, 6.45) is 13.0. The van der Waals surface area contributed by atoms with Gasteiger partial charge in [-0.25, -0.2) is 0 Å². The Labute approximate surface area is 75.8 Å². The molecular weight excluding hydrogens is 148 g/mol. The van der Waals surface area contributed by atoms with Crippen LogP contribution in [0, 0.1) is 0 Å². The van der Waals surface area contributed by atoms with E-state index in [2.05, 4.69) is 18.7 Å². The molecule has 1 nitrogen and oxygen atoms in total. The molecule has 0 heterocycles. The van der Waals surface area contributed by atoms with Crippen molar-refractivity contribution in [2.24, 2.45) is 0 Å². The molecule has 0 radical (unpaired) electrons. The molecular formula is C11H20O. The van der Waals surface area contributed by atoms with Crippen molar-refractivity contribution in [2.75, 3.05) is 6.61 Å². The van der Waals surface area contributed by atoms with E-state index in [1.165, 1.54) is 6.42 Å². The van der Waals surface area contributed by atoms with Crippen LogP contribution >= 0.6 is 0 Å². The lowest BCUT2D eigenvalue weighted by molar-refractivity contribution is 0.283. The molecule has 0 unspecified atom stereocenters. The second-order valence-corrected chi connectivity index (χ2v) is 2.91. The number of aliphatic hydroxyl groups is 1. The van der Waals surface area contributed by atoms with E-state index in [1.54, 1.807) is 0 Å². The number of aliphatic hydroxyl groups excluding tert-OH is 1. The van der Waals surface area contributed by atoms with E-state index in [9.17, 15) is 0 Å². The van der Waals surface area contributed by atoms with E-state index in [-0.39, 0.29) is 0 Å². The lowest BCUT2D eigenvalue weighted by Crippen LogP contribution is -1.81. The minimum atomic E-state index is 0.334. The van der Waals surface area contributed by atoms with Crippen molar-refractivity contribution >= 4 is 0 Å². The van der Waals surface area contributed by atoms with Crippen molar-refractivity contribution < 1.29 is 5.11 Å². The molecule has 1 heteroatoms. The van der Waals surface area contributed by atoms with Gasteiger partial charge in [0.2, 0.25) is 0 Å². The molecule has 12 heavy (non-hydrogen) atoms. The maximum atomic E-state index is 8.51. The largest absolute Gasteiger partial charge is 0.396 e. The summed E-state index contributed by atoms with van der Waals surface area (Å²) in [5, 5.41) is 8.51. The average Bonchev–Trinajstić information content (AvgIpc) is 2.10. The lowest BCUT2D eigenvalue weighted by atomic mass is 10.2. The van der Waals surface area contributed by atoms with Crippen LogP contribution in [0.4, 0.5) is 0 Å². The van der Waals surface area contributed by atoms with E-state index in [0.29, 0.717) is 6.61 Å².